The maximum atomic E-state index is 13.2. The maximum absolute atomic E-state index is 13.2. The van der Waals surface area contributed by atoms with E-state index in [2.05, 4.69) is 41.4 Å². The van der Waals surface area contributed by atoms with Gasteiger partial charge in [-0.3, -0.25) is 9.89 Å². The molecule has 4 rings (SSSR count). The van der Waals surface area contributed by atoms with Gasteiger partial charge in [0.2, 0.25) is 0 Å². The van der Waals surface area contributed by atoms with E-state index in [9.17, 15) is 4.79 Å². The van der Waals surface area contributed by atoms with Gasteiger partial charge in [0.15, 0.2) is 0 Å². The van der Waals surface area contributed by atoms with Crippen molar-refractivity contribution in [2.24, 2.45) is 0 Å². The van der Waals surface area contributed by atoms with Crippen LogP contribution in [0.4, 0.5) is 0 Å². The molecule has 1 N–H and O–H groups in total. The van der Waals surface area contributed by atoms with Gasteiger partial charge in [-0.05, 0) is 43.2 Å². The molecule has 1 unspecified atom stereocenters. The van der Waals surface area contributed by atoms with Crippen LogP contribution in [0.3, 0.4) is 0 Å². The number of aromatic nitrogens is 2. The van der Waals surface area contributed by atoms with Gasteiger partial charge in [0, 0.05) is 31.4 Å². The quantitative estimate of drug-likeness (QED) is 0.619. The van der Waals surface area contributed by atoms with E-state index in [1.807, 2.05) is 29.2 Å². The first kappa shape index (κ1) is 19.2. The Morgan fingerprint density at radius 3 is 2.45 bits per heavy atom. The van der Waals surface area contributed by atoms with Crippen molar-refractivity contribution in [1.82, 2.24) is 15.1 Å². The summed E-state index contributed by atoms with van der Waals surface area (Å²) in [5, 5.41) is 7.49. The van der Waals surface area contributed by atoms with Crippen LogP contribution in [-0.2, 0) is 4.74 Å². The van der Waals surface area contributed by atoms with Crippen molar-refractivity contribution in [1.29, 1.82) is 0 Å². The summed E-state index contributed by atoms with van der Waals surface area (Å²) < 4.78 is 10.5. The summed E-state index contributed by atoms with van der Waals surface area (Å²) in [7, 11) is 3.32. The summed E-state index contributed by atoms with van der Waals surface area (Å²) in [4.78, 5) is 15.1. The van der Waals surface area contributed by atoms with Crippen molar-refractivity contribution in [2.45, 2.75) is 19.4 Å². The SMILES string of the molecule is COCCCN1C(=O)c2[nH]nc(-c3ccc(OC)cc3)c2C1c1ccc(C)cc1. The Balaban J connectivity index is 1.79. The summed E-state index contributed by atoms with van der Waals surface area (Å²) >= 11 is 0. The molecule has 1 aliphatic rings. The molecule has 0 saturated heterocycles. The minimum absolute atomic E-state index is 0.0195. The zero-order valence-electron chi connectivity index (χ0n) is 16.9. The van der Waals surface area contributed by atoms with Crippen LogP contribution < -0.4 is 4.74 Å². The molecule has 1 aromatic heterocycles. The summed E-state index contributed by atoms with van der Waals surface area (Å²) in [6.07, 6.45) is 0.778. The number of nitrogens with one attached hydrogen (secondary N) is 1. The normalized spacial score (nSPS) is 15.6. The highest BCUT2D eigenvalue weighted by Crippen LogP contribution is 2.43. The Kier molecular flexibility index (Phi) is 5.36. The van der Waals surface area contributed by atoms with E-state index >= 15 is 0 Å². The average Bonchev–Trinajstić information content (AvgIpc) is 3.29. The molecule has 1 aliphatic heterocycles. The summed E-state index contributed by atoms with van der Waals surface area (Å²) in [6, 6.07) is 15.9. The number of aromatic amines is 1. The van der Waals surface area contributed by atoms with E-state index in [1.54, 1.807) is 14.2 Å². The van der Waals surface area contributed by atoms with E-state index in [0.29, 0.717) is 18.8 Å². The number of carbonyl (C=O) groups is 1. The van der Waals surface area contributed by atoms with Gasteiger partial charge in [-0.1, -0.05) is 29.8 Å². The van der Waals surface area contributed by atoms with Gasteiger partial charge in [-0.2, -0.15) is 5.10 Å². The number of ether oxygens (including phenoxy) is 2. The Labute approximate surface area is 170 Å². The number of carbonyl (C=O) groups excluding carboxylic acids is 1. The van der Waals surface area contributed by atoms with Crippen LogP contribution in [0.1, 0.15) is 39.6 Å². The minimum Gasteiger partial charge on any atom is -0.497 e. The molecule has 0 radical (unpaired) electrons. The molecule has 0 saturated carbocycles. The topological polar surface area (TPSA) is 67.5 Å². The molecule has 0 bridgehead atoms. The monoisotopic (exact) mass is 391 g/mol. The van der Waals surface area contributed by atoms with E-state index < -0.39 is 0 Å². The third-order valence-electron chi connectivity index (χ3n) is 5.37. The van der Waals surface area contributed by atoms with Crippen molar-refractivity contribution >= 4 is 5.91 Å². The molecule has 2 aromatic carbocycles. The highest BCUT2D eigenvalue weighted by atomic mass is 16.5. The van der Waals surface area contributed by atoms with Gasteiger partial charge < -0.3 is 14.4 Å². The molecule has 2 heterocycles. The van der Waals surface area contributed by atoms with E-state index in [-0.39, 0.29) is 11.9 Å². The van der Waals surface area contributed by atoms with Crippen LogP contribution in [-0.4, -0.2) is 48.4 Å². The van der Waals surface area contributed by atoms with Gasteiger partial charge in [0.25, 0.3) is 5.91 Å². The standard InChI is InChI=1S/C23H25N3O3/c1-15-5-7-17(8-6-15)22-19-20(16-9-11-18(29-3)12-10-16)24-25-21(19)23(27)26(22)13-4-14-28-2/h5-12,22H,4,13-14H2,1-3H3,(H,24,25). The first-order valence-corrected chi connectivity index (χ1v) is 9.73. The van der Waals surface area contributed by atoms with Crippen molar-refractivity contribution in [3.05, 3.63) is 70.9 Å². The molecule has 0 aliphatic carbocycles. The average molecular weight is 391 g/mol. The lowest BCUT2D eigenvalue weighted by atomic mass is 9.95. The van der Waals surface area contributed by atoms with Gasteiger partial charge in [0.1, 0.15) is 11.4 Å². The summed E-state index contributed by atoms with van der Waals surface area (Å²) in [6.45, 7) is 3.30. The first-order chi connectivity index (χ1) is 14.1. The number of methoxy groups -OCH3 is 2. The second-order valence-electron chi connectivity index (χ2n) is 7.25. The van der Waals surface area contributed by atoms with Crippen LogP contribution in [0.25, 0.3) is 11.3 Å². The molecular weight excluding hydrogens is 366 g/mol. The number of fused-ring (bicyclic) bond motifs is 1. The molecule has 29 heavy (non-hydrogen) atoms. The fourth-order valence-corrected chi connectivity index (χ4v) is 3.87. The van der Waals surface area contributed by atoms with Crippen molar-refractivity contribution in [3.63, 3.8) is 0 Å². The number of amides is 1. The molecule has 1 atom stereocenters. The fraction of sp³-hybridized carbons (Fsp3) is 0.304. The minimum atomic E-state index is -0.175. The lowest BCUT2D eigenvalue weighted by Gasteiger charge is -2.26. The fourth-order valence-electron chi connectivity index (χ4n) is 3.87. The lowest BCUT2D eigenvalue weighted by Crippen LogP contribution is -2.31. The Hall–Kier alpha value is -3.12. The molecule has 0 spiro atoms. The van der Waals surface area contributed by atoms with E-state index in [1.165, 1.54) is 5.56 Å². The summed E-state index contributed by atoms with van der Waals surface area (Å²) in [5.41, 5.74) is 5.52. The third kappa shape index (κ3) is 3.51. The second-order valence-corrected chi connectivity index (χ2v) is 7.25. The van der Waals surface area contributed by atoms with Crippen LogP contribution in [0.15, 0.2) is 48.5 Å². The van der Waals surface area contributed by atoms with Gasteiger partial charge >= 0.3 is 0 Å². The number of rotatable bonds is 7. The zero-order valence-corrected chi connectivity index (χ0v) is 16.9. The maximum Gasteiger partial charge on any atom is 0.273 e. The van der Waals surface area contributed by atoms with Crippen LogP contribution in [0.5, 0.6) is 5.75 Å². The highest BCUT2D eigenvalue weighted by Gasteiger charge is 2.41. The zero-order chi connectivity index (χ0) is 20.4. The highest BCUT2D eigenvalue weighted by molar-refractivity contribution is 6.00. The van der Waals surface area contributed by atoms with Crippen molar-refractivity contribution in [2.75, 3.05) is 27.4 Å². The molecule has 150 valence electrons. The van der Waals surface area contributed by atoms with Crippen molar-refractivity contribution in [3.8, 4) is 17.0 Å². The predicted molar refractivity (Wildman–Crippen MR) is 111 cm³/mol. The molecule has 6 heteroatoms. The summed E-state index contributed by atoms with van der Waals surface area (Å²) in [5.74, 6) is 0.766. The number of H-pyrrole nitrogens is 1. The van der Waals surface area contributed by atoms with Crippen LogP contribution >= 0.6 is 0 Å². The second kappa shape index (κ2) is 8.09. The van der Waals surface area contributed by atoms with Gasteiger partial charge in [-0.25, -0.2) is 0 Å². The van der Waals surface area contributed by atoms with Crippen LogP contribution in [0.2, 0.25) is 0 Å². The number of hydrogen-bond acceptors (Lipinski definition) is 4. The largest absolute Gasteiger partial charge is 0.497 e. The lowest BCUT2D eigenvalue weighted by molar-refractivity contribution is 0.0723. The molecular formula is C23H25N3O3. The molecule has 1 amide bonds. The Morgan fingerprint density at radius 1 is 1.07 bits per heavy atom. The van der Waals surface area contributed by atoms with Gasteiger partial charge in [-0.15, -0.1) is 0 Å². The number of benzene rings is 2. The van der Waals surface area contributed by atoms with E-state index in [4.69, 9.17) is 9.47 Å². The molecule has 0 fully saturated rings. The van der Waals surface area contributed by atoms with Crippen molar-refractivity contribution < 1.29 is 14.3 Å². The Bertz CT molecular complexity index is 993. The smallest absolute Gasteiger partial charge is 0.273 e. The third-order valence-corrected chi connectivity index (χ3v) is 5.37. The van der Waals surface area contributed by atoms with E-state index in [0.717, 1.165) is 34.6 Å². The molecule has 3 aromatic rings. The Morgan fingerprint density at radius 2 is 1.79 bits per heavy atom. The van der Waals surface area contributed by atoms with Gasteiger partial charge in [0.05, 0.1) is 18.8 Å². The first-order valence-electron chi connectivity index (χ1n) is 9.73. The number of aryl methyl sites for hydroxylation is 1. The number of hydrogen-bond donors (Lipinski definition) is 1. The predicted octanol–water partition coefficient (Wildman–Crippen LogP) is 3.98. The molecule has 6 nitrogen and oxygen atoms in total. The number of nitrogens with zero attached hydrogens (tertiary/aromatic N) is 2. The van der Waals surface area contributed by atoms with Crippen LogP contribution in [0, 0.1) is 6.92 Å².